The van der Waals surface area contributed by atoms with Crippen molar-refractivity contribution >= 4 is 21.8 Å². The van der Waals surface area contributed by atoms with Crippen molar-refractivity contribution in [3.63, 3.8) is 0 Å². The van der Waals surface area contributed by atoms with E-state index < -0.39 is 0 Å². The number of rotatable bonds is 7. The van der Waals surface area contributed by atoms with Gasteiger partial charge in [-0.3, -0.25) is 0 Å². The van der Waals surface area contributed by atoms with E-state index in [0.29, 0.717) is 17.5 Å². The Morgan fingerprint density at radius 2 is 0.745 bits per heavy atom. The third-order valence-corrected chi connectivity index (χ3v) is 10.3. The molecule has 0 fully saturated rings. The lowest BCUT2D eigenvalue weighted by Gasteiger charge is -2.15. The molecule has 8 aromatic carbocycles. The Labute approximate surface area is 319 Å². The predicted octanol–water partition coefficient (Wildman–Crippen LogP) is 13.0. The van der Waals surface area contributed by atoms with E-state index in [0.717, 1.165) is 44.6 Å². The number of hydrogen-bond acceptors (Lipinski definition) is 3. The quantitative estimate of drug-likeness (QED) is 0.166. The molecule has 258 valence electrons. The van der Waals surface area contributed by atoms with Gasteiger partial charge in [0, 0.05) is 33.0 Å². The van der Waals surface area contributed by atoms with E-state index in [2.05, 4.69) is 174 Å². The van der Waals surface area contributed by atoms with Crippen LogP contribution >= 0.6 is 0 Å². The summed E-state index contributed by atoms with van der Waals surface area (Å²) in [6.07, 6.45) is 0. The largest absolute Gasteiger partial charge is 0.309 e. The maximum absolute atomic E-state index is 5.07. The standard InChI is InChI=1S/C51H34N4/c1-4-16-35(17-5-1)40-22-14-23-41(34-40)51-53-49(38-20-8-3-9-21-38)52-50(54-51)39-32-30-37(31-33-39)42-24-10-12-27-45(42)55-46-28-13-11-25-44(46)48-43(26-15-29-47(48)55)36-18-6-2-7-19-36/h1-34H. The molecule has 0 aliphatic heterocycles. The lowest BCUT2D eigenvalue weighted by Crippen LogP contribution is -2.00. The molecule has 0 aliphatic rings. The van der Waals surface area contributed by atoms with E-state index in [9.17, 15) is 0 Å². The van der Waals surface area contributed by atoms with Gasteiger partial charge in [0.15, 0.2) is 17.5 Å². The average molecular weight is 703 g/mol. The van der Waals surface area contributed by atoms with Crippen molar-refractivity contribution in [2.75, 3.05) is 0 Å². The molecule has 0 amide bonds. The van der Waals surface area contributed by atoms with E-state index in [4.69, 9.17) is 15.0 Å². The van der Waals surface area contributed by atoms with Gasteiger partial charge in [0.1, 0.15) is 0 Å². The summed E-state index contributed by atoms with van der Waals surface area (Å²) < 4.78 is 2.41. The first kappa shape index (κ1) is 32.2. The van der Waals surface area contributed by atoms with Gasteiger partial charge in [0.25, 0.3) is 0 Å². The van der Waals surface area contributed by atoms with Crippen molar-refractivity contribution in [3.8, 4) is 73.2 Å². The molecule has 10 rings (SSSR count). The van der Waals surface area contributed by atoms with E-state index in [1.807, 2.05) is 36.4 Å². The molecule has 0 bridgehead atoms. The molecule has 0 radical (unpaired) electrons. The molecule has 0 N–H and O–H groups in total. The average Bonchev–Trinajstić information content (AvgIpc) is 3.62. The second kappa shape index (κ2) is 13.8. The first-order valence-electron chi connectivity index (χ1n) is 18.5. The third kappa shape index (κ3) is 5.96. The first-order valence-corrected chi connectivity index (χ1v) is 18.5. The van der Waals surface area contributed by atoms with Gasteiger partial charge >= 0.3 is 0 Å². The Kier molecular flexibility index (Phi) is 8.12. The molecule has 0 aliphatic carbocycles. The summed E-state index contributed by atoms with van der Waals surface area (Å²) in [5.74, 6) is 1.91. The molecule has 10 aromatic rings. The number of nitrogens with zero attached hydrogens (tertiary/aromatic N) is 4. The van der Waals surface area contributed by atoms with Crippen LogP contribution in [0.5, 0.6) is 0 Å². The molecule has 0 saturated carbocycles. The van der Waals surface area contributed by atoms with Crippen molar-refractivity contribution in [2.45, 2.75) is 0 Å². The van der Waals surface area contributed by atoms with Crippen LogP contribution in [-0.2, 0) is 0 Å². The first-order chi connectivity index (χ1) is 27.3. The monoisotopic (exact) mass is 702 g/mol. The molecule has 0 unspecified atom stereocenters. The van der Waals surface area contributed by atoms with Gasteiger partial charge in [0.2, 0.25) is 0 Å². The molecule has 2 aromatic heterocycles. The Balaban J connectivity index is 1.08. The van der Waals surface area contributed by atoms with Gasteiger partial charge < -0.3 is 4.57 Å². The summed E-state index contributed by atoms with van der Waals surface area (Å²) in [4.78, 5) is 15.1. The zero-order valence-corrected chi connectivity index (χ0v) is 29.9. The Hall–Kier alpha value is -7.43. The minimum Gasteiger partial charge on any atom is -0.309 e. The second-order valence-electron chi connectivity index (χ2n) is 13.6. The molecule has 4 nitrogen and oxygen atoms in total. The van der Waals surface area contributed by atoms with Crippen LogP contribution in [0.4, 0.5) is 0 Å². The number of para-hydroxylation sites is 2. The topological polar surface area (TPSA) is 43.6 Å². The predicted molar refractivity (Wildman–Crippen MR) is 227 cm³/mol. The summed E-state index contributed by atoms with van der Waals surface area (Å²) >= 11 is 0. The van der Waals surface area contributed by atoms with Crippen molar-refractivity contribution in [1.82, 2.24) is 19.5 Å². The maximum atomic E-state index is 5.07. The minimum absolute atomic E-state index is 0.629. The highest BCUT2D eigenvalue weighted by Gasteiger charge is 2.19. The Morgan fingerprint density at radius 3 is 1.47 bits per heavy atom. The molecule has 0 atom stereocenters. The summed E-state index contributed by atoms with van der Waals surface area (Å²) in [5.41, 5.74) is 13.2. The van der Waals surface area contributed by atoms with Crippen LogP contribution in [-0.4, -0.2) is 19.5 Å². The van der Waals surface area contributed by atoms with Gasteiger partial charge in [-0.1, -0.05) is 182 Å². The van der Waals surface area contributed by atoms with Gasteiger partial charge in [-0.05, 0) is 52.1 Å². The van der Waals surface area contributed by atoms with Crippen molar-refractivity contribution < 1.29 is 0 Å². The summed E-state index contributed by atoms with van der Waals surface area (Å²) in [6.45, 7) is 0. The SMILES string of the molecule is c1ccc(-c2cccc(-c3nc(-c4ccccc4)nc(-c4ccc(-c5ccccc5-n5c6ccccc6c6c(-c7ccccc7)cccc65)cc4)n3)c2)cc1. The normalized spacial score (nSPS) is 11.3. The van der Waals surface area contributed by atoms with E-state index in [1.165, 1.54) is 32.9 Å². The zero-order chi connectivity index (χ0) is 36.6. The highest BCUT2D eigenvalue weighted by Crippen LogP contribution is 2.40. The van der Waals surface area contributed by atoms with E-state index in [1.54, 1.807) is 0 Å². The lowest BCUT2D eigenvalue weighted by atomic mass is 9.99. The fraction of sp³-hybridized carbons (Fsp3) is 0. The van der Waals surface area contributed by atoms with Crippen LogP contribution in [0, 0.1) is 0 Å². The number of hydrogen-bond donors (Lipinski definition) is 0. The lowest BCUT2D eigenvalue weighted by molar-refractivity contribution is 1.07. The Bertz CT molecular complexity index is 2950. The number of fused-ring (bicyclic) bond motifs is 3. The van der Waals surface area contributed by atoms with E-state index in [-0.39, 0.29) is 0 Å². The molecule has 0 spiro atoms. The molecular formula is C51H34N4. The van der Waals surface area contributed by atoms with Gasteiger partial charge in [-0.15, -0.1) is 0 Å². The summed E-state index contributed by atoms with van der Waals surface area (Å²) in [7, 11) is 0. The van der Waals surface area contributed by atoms with Crippen molar-refractivity contribution in [3.05, 3.63) is 206 Å². The minimum atomic E-state index is 0.629. The molecule has 2 heterocycles. The highest BCUT2D eigenvalue weighted by molar-refractivity contribution is 6.16. The van der Waals surface area contributed by atoms with Crippen LogP contribution in [0.15, 0.2) is 206 Å². The Morgan fingerprint density at radius 1 is 0.291 bits per heavy atom. The van der Waals surface area contributed by atoms with Crippen molar-refractivity contribution in [1.29, 1.82) is 0 Å². The highest BCUT2D eigenvalue weighted by atomic mass is 15.0. The summed E-state index contributed by atoms with van der Waals surface area (Å²) in [5, 5.41) is 2.49. The number of benzene rings is 8. The van der Waals surface area contributed by atoms with Crippen LogP contribution in [0.25, 0.3) is 95.0 Å². The third-order valence-electron chi connectivity index (χ3n) is 10.3. The van der Waals surface area contributed by atoms with Crippen LogP contribution < -0.4 is 0 Å². The molecular weight excluding hydrogens is 669 g/mol. The van der Waals surface area contributed by atoms with Crippen LogP contribution in [0.3, 0.4) is 0 Å². The van der Waals surface area contributed by atoms with Gasteiger partial charge in [-0.2, -0.15) is 0 Å². The number of aromatic nitrogens is 4. The van der Waals surface area contributed by atoms with Crippen LogP contribution in [0.1, 0.15) is 0 Å². The van der Waals surface area contributed by atoms with Crippen molar-refractivity contribution in [2.24, 2.45) is 0 Å². The van der Waals surface area contributed by atoms with Gasteiger partial charge in [0.05, 0.1) is 16.7 Å². The zero-order valence-electron chi connectivity index (χ0n) is 29.9. The second-order valence-corrected chi connectivity index (χ2v) is 13.6. The maximum Gasteiger partial charge on any atom is 0.164 e. The molecule has 55 heavy (non-hydrogen) atoms. The van der Waals surface area contributed by atoms with Crippen LogP contribution in [0.2, 0.25) is 0 Å². The smallest absolute Gasteiger partial charge is 0.164 e. The van der Waals surface area contributed by atoms with E-state index >= 15 is 0 Å². The summed E-state index contributed by atoms with van der Waals surface area (Å²) in [6, 6.07) is 72.2. The van der Waals surface area contributed by atoms with Gasteiger partial charge in [-0.25, -0.2) is 15.0 Å². The molecule has 4 heteroatoms. The fourth-order valence-corrected chi connectivity index (χ4v) is 7.67. The molecule has 0 saturated heterocycles. The fourth-order valence-electron chi connectivity index (χ4n) is 7.67.